The number of aromatic nitrogens is 1. The van der Waals surface area contributed by atoms with Crippen molar-refractivity contribution in [1.29, 1.82) is 0 Å². The summed E-state index contributed by atoms with van der Waals surface area (Å²) in [6.45, 7) is 4.74. The van der Waals surface area contributed by atoms with Crippen LogP contribution < -0.4 is 9.47 Å². The zero-order valence-corrected chi connectivity index (χ0v) is 12.8. The molecule has 0 aliphatic carbocycles. The fourth-order valence-corrected chi connectivity index (χ4v) is 2.40. The van der Waals surface area contributed by atoms with E-state index < -0.39 is 5.97 Å². The van der Waals surface area contributed by atoms with Gasteiger partial charge in [0.1, 0.15) is 28.7 Å². The van der Waals surface area contributed by atoms with Gasteiger partial charge in [-0.15, -0.1) is 11.3 Å². The van der Waals surface area contributed by atoms with Gasteiger partial charge in [0, 0.05) is 17.1 Å². The quantitative estimate of drug-likeness (QED) is 0.847. The van der Waals surface area contributed by atoms with E-state index in [9.17, 15) is 9.90 Å². The second-order valence-electron chi connectivity index (χ2n) is 4.48. The molecule has 0 saturated carbocycles. The predicted molar refractivity (Wildman–Crippen MR) is 80.4 cm³/mol. The summed E-state index contributed by atoms with van der Waals surface area (Å²) in [6, 6.07) is 4.74. The smallest absolute Gasteiger partial charge is 0.339 e. The molecule has 1 aromatic carbocycles. The van der Waals surface area contributed by atoms with Gasteiger partial charge < -0.3 is 14.6 Å². The Morgan fingerprint density at radius 2 is 2.19 bits per heavy atom. The largest absolute Gasteiger partial charge is 0.493 e. The molecule has 0 spiro atoms. The highest BCUT2D eigenvalue weighted by Gasteiger charge is 2.13. The molecule has 2 rings (SSSR count). The van der Waals surface area contributed by atoms with Crippen molar-refractivity contribution in [3.63, 3.8) is 0 Å². The summed E-state index contributed by atoms with van der Waals surface area (Å²) in [6.07, 6.45) is 0.884. The van der Waals surface area contributed by atoms with E-state index >= 15 is 0 Å². The number of hydrogen-bond acceptors (Lipinski definition) is 5. The Bertz CT molecular complexity index is 624. The van der Waals surface area contributed by atoms with Crippen molar-refractivity contribution in [2.75, 3.05) is 6.61 Å². The van der Waals surface area contributed by atoms with Crippen LogP contribution >= 0.6 is 11.3 Å². The molecule has 1 heterocycles. The van der Waals surface area contributed by atoms with Crippen LogP contribution in [0.2, 0.25) is 0 Å². The second kappa shape index (κ2) is 7.08. The van der Waals surface area contributed by atoms with E-state index in [0.717, 1.165) is 17.1 Å². The lowest BCUT2D eigenvalue weighted by Crippen LogP contribution is -2.04. The third kappa shape index (κ3) is 4.19. The van der Waals surface area contributed by atoms with E-state index in [1.54, 1.807) is 12.1 Å². The van der Waals surface area contributed by atoms with Crippen LogP contribution in [0.15, 0.2) is 23.6 Å². The van der Waals surface area contributed by atoms with Crippen molar-refractivity contribution < 1.29 is 19.4 Å². The van der Waals surface area contributed by atoms with Crippen LogP contribution in [0.25, 0.3) is 0 Å². The molecule has 21 heavy (non-hydrogen) atoms. The highest BCUT2D eigenvalue weighted by Crippen LogP contribution is 2.26. The molecule has 6 heteroatoms. The summed E-state index contributed by atoms with van der Waals surface area (Å²) in [5, 5.41) is 11.9. The molecule has 112 valence electrons. The average Bonchev–Trinajstić information content (AvgIpc) is 2.88. The van der Waals surface area contributed by atoms with E-state index in [2.05, 4.69) is 4.98 Å². The lowest BCUT2D eigenvalue weighted by Gasteiger charge is -2.11. The number of ether oxygens (including phenoxy) is 2. The Morgan fingerprint density at radius 3 is 2.81 bits per heavy atom. The van der Waals surface area contributed by atoms with Gasteiger partial charge in [-0.25, -0.2) is 9.78 Å². The lowest BCUT2D eigenvalue weighted by molar-refractivity contribution is 0.0691. The zero-order chi connectivity index (χ0) is 15.2. The molecule has 0 aliphatic rings. The number of thiazole rings is 1. The summed E-state index contributed by atoms with van der Waals surface area (Å²) < 4.78 is 11.1. The van der Waals surface area contributed by atoms with Crippen molar-refractivity contribution >= 4 is 17.3 Å². The zero-order valence-electron chi connectivity index (χ0n) is 12.0. The SMILES string of the molecule is CCCOc1ccc(C(=O)O)c(OCc2nc(C)cs2)c1. The van der Waals surface area contributed by atoms with Gasteiger partial charge >= 0.3 is 5.97 Å². The first-order valence-corrected chi connectivity index (χ1v) is 7.52. The van der Waals surface area contributed by atoms with E-state index in [1.807, 2.05) is 19.2 Å². The number of hydrogen-bond donors (Lipinski definition) is 1. The van der Waals surface area contributed by atoms with Crippen LogP contribution in [-0.2, 0) is 6.61 Å². The van der Waals surface area contributed by atoms with Crippen LogP contribution in [0.5, 0.6) is 11.5 Å². The number of nitrogens with zero attached hydrogens (tertiary/aromatic N) is 1. The molecule has 0 radical (unpaired) electrons. The number of aryl methyl sites for hydroxylation is 1. The summed E-state index contributed by atoms with van der Waals surface area (Å²) >= 11 is 1.49. The second-order valence-corrected chi connectivity index (χ2v) is 5.43. The van der Waals surface area contributed by atoms with Crippen LogP contribution in [0.1, 0.15) is 34.4 Å². The third-order valence-corrected chi connectivity index (χ3v) is 3.61. The minimum atomic E-state index is -1.03. The van der Waals surface area contributed by atoms with Crippen LogP contribution in [-0.4, -0.2) is 22.7 Å². The molecule has 0 unspecified atom stereocenters. The van der Waals surface area contributed by atoms with Crippen molar-refractivity contribution in [3.05, 3.63) is 39.8 Å². The fourth-order valence-electron chi connectivity index (χ4n) is 1.72. The van der Waals surface area contributed by atoms with E-state index in [-0.39, 0.29) is 12.2 Å². The van der Waals surface area contributed by atoms with Gasteiger partial charge in [0.15, 0.2) is 0 Å². The summed E-state index contributed by atoms with van der Waals surface area (Å²) in [7, 11) is 0. The van der Waals surface area contributed by atoms with Gasteiger partial charge in [-0.2, -0.15) is 0 Å². The maximum Gasteiger partial charge on any atom is 0.339 e. The molecule has 2 aromatic rings. The maximum atomic E-state index is 11.2. The molecule has 1 aromatic heterocycles. The Labute approximate surface area is 127 Å². The Hall–Kier alpha value is -2.08. The van der Waals surface area contributed by atoms with Crippen molar-refractivity contribution in [2.24, 2.45) is 0 Å². The highest BCUT2D eigenvalue weighted by atomic mass is 32.1. The van der Waals surface area contributed by atoms with Gasteiger partial charge in [0.2, 0.25) is 0 Å². The van der Waals surface area contributed by atoms with E-state index in [1.165, 1.54) is 17.4 Å². The number of aromatic carboxylic acids is 1. The first kappa shape index (κ1) is 15.3. The molecule has 1 N–H and O–H groups in total. The Morgan fingerprint density at radius 1 is 1.38 bits per heavy atom. The molecule has 0 aliphatic heterocycles. The molecule has 5 nitrogen and oxygen atoms in total. The fraction of sp³-hybridized carbons (Fsp3) is 0.333. The highest BCUT2D eigenvalue weighted by molar-refractivity contribution is 7.09. The summed E-state index contributed by atoms with van der Waals surface area (Å²) in [5.41, 5.74) is 1.05. The van der Waals surface area contributed by atoms with Crippen molar-refractivity contribution in [1.82, 2.24) is 4.98 Å². The topological polar surface area (TPSA) is 68.7 Å². The van der Waals surface area contributed by atoms with Gasteiger partial charge in [0.05, 0.1) is 6.61 Å². The molecular formula is C15H17NO4S. The molecule has 0 bridgehead atoms. The maximum absolute atomic E-state index is 11.2. The Balaban J connectivity index is 2.15. The molecule has 0 atom stereocenters. The molecule has 0 saturated heterocycles. The van der Waals surface area contributed by atoms with Crippen molar-refractivity contribution in [3.8, 4) is 11.5 Å². The van der Waals surface area contributed by atoms with E-state index in [0.29, 0.717) is 18.1 Å². The lowest BCUT2D eigenvalue weighted by atomic mass is 10.2. The van der Waals surface area contributed by atoms with Crippen LogP contribution in [0.3, 0.4) is 0 Å². The van der Waals surface area contributed by atoms with Crippen molar-refractivity contribution in [2.45, 2.75) is 26.9 Å². The normalized spacial score (nSPS) is 10.4. The first-order chi connectivity index (χ1) is 10.1. The number of carboxylic acid groups (broad SMARTS) is 1. The molecule has 0 fully saturated rings. The Kier molecular flexibility index (Phi) is 5.16. The van der Waals surface area contributed by atoms with E-state index in [4.69, 9.17) is 9.47 Å². The van der Waals surface area contributed by atoms with Crippen LogP contribution in [0, 0.1) is 6.92 Å². The number of rotatable bonds is 7. The number of benzene rings is 1. The van der Waals surface area contributed by atoms with Gasteiger partial charge in [-0.05, 0) is 25.5 Å². The average molecular weight is 307 g/mol. The summed E-state index contributed by atoms with van der Waals surface area (Å²) in [4.78, 5) is 15.5. The number of carbonyl (C=O) groups is 1. The predicted octanol–water partition coefficient (Wildman–Crippen LogP) is 3.52. The first-order valence-electron chi connectivity index (χ1n) is 6.64. The van der Waals surface area contributed by atoms with Gasteiger partial charge in [-0.1, -0.05) is 6.92 Å². The monoisotopic (exact) mass is 307 g/mol. The third-order valence-electron chi connectivity index (χ3n) is 2.67. The summed E-state index contributed by atoms with van der Waals surface area (Å²) in [5.74, 6) is -0.126. The number of carboxylic acids is 1. The van der Waals surface area contributed by atoms with Crippen LogP contribution in [0.4, 0.5) is 0 Å². The standard InChI is InChI=1S/C15H17NO4S/c1-3-6-19-11-4-5-12(15(17)18)13(7-11)20-8-14-16-10(2)9-21-14/h4-5,7,9H,3,6,8H2,1-2H3,(H,17,18). The minimum Gasteiger partial charge on any atom is -0.493 e. The van der Waals surface area contributed by atoms with Gasteiger partial charge in [-0.3, -0.25) is 0 Å². The molecular weight excluding hydrogens is 290 g/mol. The van der Waals surface area contributed by atoms with Gasteiger partial charge in [0.25, 0.3) is 0 Å². The molecule has 0 amide bonds. The minimum absolute atomic E-state index is 0.118.